The minimum atomic E-state index is -1.20. The maximum atomic E-state index is 6.25. The maximum absolute atomic E-state index is 6.25. The fraction of sp³-hybridized carbons (Fsp3) is 0.480. The first-order valence-electron chi connectivity index (χ1n) is 12.0. The molecule has 0 saturated heterocycles. The monoisotopic (exact) mass is 527 g/mol. The van der Waals surface area contributed by atoms with E-state index in [9.17, 15) is 0 Å². The van der Waals surface area contributed by atoms with Gasteiger partial charge in [0.25, 0.3) is 0 Å². The molecule has 3 heterocycles. The molecule has 194 valence electrons. The minimum Gasteiger partial charge on any atom is -0.400 e. The quantitative estimate of drug-likeness (QED) is 0.150. The summed E-state index contributed by atoms with van der Waals surface area (Å²) in [5, 5.41) is 10.6. The van der Waals surface area contributed by atoms with Crippen LogP contribution >= 0.6 is 11.3 Å². The number of hydrogen-bond acceptors (Lipinski definition) is 10. The average Bonchev–Trinajstić information content (AvgIpc) is 3.31. The van der Waals surface area contributed by atoms with E-state index in [-0.39, 0.29) is 0 Å². The van der Waals surface area contributed by atoms with Gasteiger partial charge < -0.3 is 15.2 Å². The Morgan fingerprint density at radius 3 is 2.64 bits per heavy atom. The molecule has 0 saturated carbocycles. The van der Waals surface area contributed by atoms with Crippen molar-refractivity contribution in [2.75, 3.05) is 39.0 Å². The van der Waals surface area contributed by atoms with E-state index in [0.717, 1.165) is 44.2 Å². The summed E-state index contributed by atoms with van der Waals surface area (Å²) in [5.41, 5.74) is 9.92. The van der Waals surface area contributed by atoms with Crippen LogP contribution in [0.4, 0.5) is 10.9 Å². The number of nitrogens with zero attached hydrogens (tertiary/aromatic N) is 6. The van der Waals surface area contributed by atoms with Gasteiger partial charge in [-0.05, 0) is 24.2 Å². The van der Waals surface area contributed by atoms with E-state index >= 15 is 0 Å². The molecule has 0 aliphatic carbocycles. The van der Waals surface area contributed by atoms with E-state index in [4.69, 9.17) is 20.2 Å². The average molecular weight is 528 g/mol. The lowest BCUT2D eigenvalue weighted by molar-refractivity contribution is 0.153. The fourth-order valence-corrected chi connectivity index (χ4v) is 4.92. The zero-order chi connectivity index (χ0) is 26.3. The Bertz CT molecular complexity index is 1220. The highest BCUT2D eigenvalue weighted by atomic mass is 32.1. The molecule has 0 fully saturated rings. The molecular formula is C25H37N7O2SSi. The van der Waals surface area contributed by atoms with Crippen molar-refractivity contribution in [3.63, 3.8) is 0 Å². The molecule has 0 unspecified atom stereocenters. The lowest BCUT2D eigenvalue weighted by atomic mass is 10.1. The van der Waals surface area contributed by atoms with Crippen LogP contribution in [0.25, 0.3) is 16.6 Å². The number of anilines is 2. The standard InChI is InChI=1S/C25H37N7O2SSi/c1-17(2)24-30-31-25(35-24)32(16-34-10-11-36(5,6)7)23-9-8-21-22(29-23)12-18(13-28-21)19(14-27-3)20(26)15-33-4/h8-9,12-14,17H,10-11,15-16,26H2,1-7H3. The number of allylic oxidation sites excluding steroid dienone is 1. The van der Waals surface area contributed by atoms with Crippen molar-refractivity contribution in [2.24, 2.45) is 10.7 Å². The zero-order valence-corrected chi connectivity index (χ0v) is 24.1. The largest absolute Gasteiger partial charge is 0.400 e. The SMILES string of the molecule is CN=CC(=C(N)COC)c1cnc2ccc(N(COCC[Si](C)(C)C)c3nnc(C(C)C)s3)nc2c1. The van der Waals surface area contributed by atoms with Crippen molar-refractivity contribution < 1.29 is 9.47 Å². The molecule has 9 nitrogen and oxygen atoms in total. The van der Waals surface area contributed by atoms with Gasteiger partial charge in [0, 0.05) is 64.0 Å². The Morgan fingerprint density at radius 1 is 1.22 bits per heavy atom. The molecule has 0 aromatic carbocycles. The van der Waals surface area contributed by atoms with Gasteiger partial charge in [-0.1, -0.05) is 44.8 Å². The third-order valence-electron chi connectivity index (χ3n) is 5.39. The molecule has 2 N–H and O–H groups in total. The summed E-state index contributed by atoms with van der Waals surface area (Å²) in [6, 6.07) is 6.95. The number of hydrogen-bond donors (Lipinski definition) is 1. The highest BCUT2D eigenvalue weighted by Crippen LogP contribution is 2.31. The van der Waals surface area contributed by atoms with Crippen molar-refractivity contribution >= 4 is 53.2 Å². The Balaban J connectivity index is 1.99. The Morgan fingerprint density at radius 2 is 2.00 bits per heavy atom. The number of methoxy groups -OCH3 is 1. The van der Waals surface area contributed by atoms with Gasteiger partial charge in [0.2, 0.25) is 5.13 Å². The number of aliphatic imine (C=N–C) groups is 1. The number of aromatic nitrogens is 4. The molecule has 36 heavy (non-hydrogen) atoms. The van der Waals surface area contributed by atoms with Crippen LogP contribution in [0.1, 0.15) is 30.3 Å². The third kappa shape index (κ3) is 7.39. The van der Waals surface area contributed by atoms with Gasteiger partial charge in [-0.2, -0.15) is 0 Å². The zero-order valence-electron chi connectivity index (χ0n) is 22.3. The van der Waals surface area contributed by atoms with Crippen LogP contribution in [-0.4, -0.2) is 68.6 Å². The number of rotatable bonds is 12. The predicted molar refractivity (Wildman–Crippen MR) is 152 cm³/mol. The van der Waals surface area contributed by atoms with Gasteiger partial charge >= 0.3 is 0 Å². The summed E-state index contributed by atoms with van der Waals surface area (Å²) >= 11 is 1.56. The van der Waals surface area contributed by atoms with E-state index in [1.54, 1.807) is 37.9 Å². The molecule has 0 aliphatic rings. The van der Waals surface area contributed by atoms with Gasteiger partial charge in [-0.15, -0.1) is 10.2 Å². The second-order valence-corrected chi connectivity index (χ2v) is 16.7. The van der Waals surface area contributed by atoms with Crippen LogP contribution in [0.2, 0.25) is 25.7 Å². The smallest absolute Gasteiger partial charge is 0.215 e. The summed E-state index contributed by atoms with van der Waals surface area (Å²) in [5.74, 6) is 1.02. The lowest BCUT2D eigenvalue weighted by Crippen LogP contribution is -2.26. The second-order valence-electron chi connectivity index (χ2n) is 10.0. The van der Waals surface area contributed by atoms with Gasteiger partial charge in [0.1, 0.15) is 17.6 Å². The van der Waals surface area contributed by atoms with Crippen molar-refractivity contribution in [1.82, 2.24) is 20.2 Å². The molecule has 0 radical (unpaired) electrons. The van der Waals surface area contributed by atoms with E-state index in [0.29, 0.717) is 31.6 Å². The normalized spacial score (nSPS) is 13.1. The molecule has 3 aromatic rings. The molecule has 11 heteroatoms. The molecule has 0 aliphatic heterocycles. The van der Waals surface area contributed by atoms with Crippen molar-refractivity contribution in [1.29, 1.82) is 0 Å². The van der Waals surface area contributed by atoms with Crippen molar-refractivity contribution in [3.05, 3.63) is 40.7 Å². The van der Waals surface area contributed by atoms with Crippen LogP contribution in [0.5, 0.6) is 0 Å². The Hall–Kier alpha value is -2.73. The molecule has 0 spiro atoms. The van der Waals surface area contributed by atoms with Gasteiger partial charge in [-0.25, -0.2) is 4.98 Å². The van der Waals surface area contributed by atoms with Crippen LogP contribution in [-0.2, 0) is 9.47 Å². The van der Waals surface area contributed by atoms with Crippen molar-refractivity contribution in [2.45, 2.75) is 45.5 Å². The number of ether oxygens (including phenoxy) is 2. The number of pyridine rings is 2. The highest BCUT2D eigenvalue weighted by Gasteiger charge is 2.20. The Labute approximate surface area is 218 Å². The second kappa shape index (κ2) is 12.5. The fourth-order valence-electron chi connectivity index (χ4n) is 3.32. The summed E-state index contributed by atoms with van der Waals surface area (Å²) in [6.45, 7) is 12.6. The topological polar surface area (TPSA) is 112 Å². The maximum Gasteiger partial charge on any atom is 0.215 e. The number of fused-ring (bicyclic) bond motifs is 1. The van der Waals surface area contributed by atoms with Gasteiger partial charge in [0.15, 0.2) is 0 Å². The van der Waals surface area contributed by atoms with Gasteiger partial charge in [-0.3, -0.25) is 14.9 Å². The molecule has 3 aromatic heterocycles. The van der Waals surface area contributed by atoms with Crippen LogP contribution < -0.4 is 10.6 Å². The van der Waals surface area contributed by atoms with Gasteiger partial charge in [0.05, 0.1) is 17.6 Å². The summed E-state index contributed by atoms with van der Waals surface area (Å²) < 4.78 is 11.3. The van der Waals surface area contributed by atoms with Crippen LogP contribution in [0.15, 0.2) is 35.1 Å². The third-order valence-corrected chi connectivity index (χ3v) is 8.34. The summed E-state index contributed by atoms with van der Waals surface area (Å²) in [7, 11) is 2.12. The van der Waals surface area contributed by atoms with Crippen molar-refractivity contribution in [3.8, 4) is 0 Å². The molecular weight excluding hydrogens is 490 g/mol. The Kier molecular flexibility index (Phi) is 9.66. The predicted octanol–water partition coefficient (Wildman–Crippen LogP) is 5.07. The highest BCUT2D eigenvalue weighted by molar-refractivity contribution is 7.15. The first-order valence-corrected chi connectivity index (χ1v) is 16.5. The first kappa shape index (κ1) is 27.8. The lowest BCUT2D eigenvalue weighted by Gasteiger charge is -2.22. The van der Waals surface area contributed by atoms with E-state index in [2.05, 4.69) is 53.7 Å². The molecule has 3 rings (SSSR count). The molecule has 0 amide bonds. The molecule has 0 atom stereocenters. The number of nitrogens with two attached hydrogens (primary N) is 1. The summed E-state index contributed by atoms with van der Waals surface area (Å²) in [4.78, 5) is 15.7. The van der Waals surface area contributed by atoms with E-state index in [1.807, 2.05) is 23.1 Å². The minimum absolute atomic E-state index is 0.296. The molecule has 0 bridgehead atoms. The summed E-state index contributed by atoms with van der Waals surface area (Å²) in [6.07, 6.45) is 3.49. The van der Waals surface area contributed by atoms with E-state index in [1.165, 1.54) is 0 Å². The van der Waals surface area contributed by atoms with E-state index < -0.39 is 8.07 Å². The van der Waals surface area contributed by atoms with Crippen LogP contribution in [0, 0.1) is 0 Å². The first-order chi connectivity index (χ1) is 17.1. The van der Waals surface area contributed by atoms with Crippen LogP contribution in [0.3, 0.4) is 0 Å².